The number of hydrogen-bond acceptors (Lipinski definition) is 5. The zero-order chi connectivity index (χ0) is 18.8. The summed E-state index contributed by atoms with van der Waals surface area (Å²) < 4.78 is 15.1. The summed E-state index contributed by atoms with van der Waals surface area (Å²) in [6, 6.07) is 5.46. The Morgan fingerprint density at radius 2 is 1.84 bits per heavy atom. The lowest BCUT2D eigenvalue weighted by atomic mass is 10.1. The van der Waals surface area contributed by atoms with Crippen LogP contribution in [-0.2, 0) is 14.3 Å². The maximum Gasteiger partial charge on any atom is 0.307 e. The second-order valence-corrected chi connectivity index (χ2v) is 5.56. The normalized spacial score (nSPS) is 11.9. The maximum absolute atomic E-state index is 12.5. The summed E-state index contributed by atoms with van der Waals surface area (Å²) in [4.78, 5) is 25.6. The minimum Gasteiger partial charge on any atom is -0.493 e. The zero-order valence-corrected chi connectivity index (χ0v) is 15.6. The second kappa shape index (κ2) is 10.4. The van der Waals surface area contributed by atoms with Gasteiger partial charge in [0.2, 0.25) is 5.91 Å². The Hall–Kier alpha value is -2.50. The Morgan fingerprint density at radius 3 is 2.40 bits per heavy atom. The lowest BCUT2D eigenvalue weighted by molar-refractivity contribution is -0.141. The van der Waals surface area contributed by atoms with Gasteiger partial charge in [-0.25, -0.2) is 0 Å². The highest BCUT2D eigenvalue weighted by atomic mass is 16.5. The summed E-state index contributed by atoms with van der Waals surface area (Å²) in [5.74, 6) is 0.755. The highest BCUT2D eigenvalue weighted by Crippen LogP contribution is 2.28. The second-order valence-electron chi connectivity index (χ2n) is 5.56. The lowest BCUT2D eigenvalue weighted by Crippen LogP contribution is -2.38. The first kappa shape index (κ1) is 20.5. The highest BCUT2D eigenvalue weighted by molar-refractivity contribution is 5.92. The van der Waals surface area contributed by atoms with Crippen LogP contribution in [0.25, 0.3) is 6.08 Å². The van der Waals surface area contributed by atoms with Crippen LogP contribution in [0.5, 0.6) is 11.5 Å². The molecular formula is C19H27NO5. The van der Waals surface area contributed by atoms with Crippen LogP contribution in [0.4, 0.5) is 0 Å². The Kier molecular flexibility index (Phi) is 8.53. The number of carbonyl (C=O) groups is 2. The largest absolute Gasteiger partial charge is 0.493 e. The van der Waals surface area contributed by atoms with Gasteiger partial charge in [0.15, 0.2) is 11.5 Å². The van der Waals surface area contributed by atoms with Crippen LogP contribution in [0.3, 0.4) is 0 Å². The standard InChI is InChI=1S/C19H27NO5/c1-6-14(2)20(12-11-19(22)25-5)18(21)10-8-15-7-9-16(23-3)17(13-15)24-4/h7-10,13-14H,6,11-12H2,1-5H3/b10-8+. The molecule has 0 aromatic heterocycles. The molecule has 1 amide bonds. The molecule has 1 rings (SSSR count). The van der Waals surface area contributed by atoms with Crippen LogP contribution >= 0.6 is 0 Å². The minimum atomic E-state index is -0.329. The number of nitrogens with zero attached hydrogens (tertiary/aromatic N) is 1. The first-order chi connectivity index (χ1) is 12.0. The van der Waals surface area contributed by atoms with Crippen LogP contribution in [-0.4, -0.2) is 50.7 Å². The lowest BCUT2D eigenvalue weighted by Gasteiger charge is -2.27. The van der Waals surface area contributed by atoms with Crippen LogP contribution in [0.15, 0.2) is 24.3 Å². The molecule has 0 heterocycles. The Morgan fingerprint density at radius 1 is 1.16 bits per heavy atom. The van der Waals surface area contributed by atoms with E-state index in [9.17, 15) is 9.59 Å². The molecule has 25 heavy (non-hydrogen) atoms. The van der Waals surface area contributed by atoms with Crippen molar-refractivity contribution in [1.82, 2.24) is 4.90 Å². The molecule has 0 aliphatic carbocycles. The SMILES string of the molecule is CCC(C)N(CCC(=O)OC)C(=O)/C=C/c1ccc(OC)c(OC)c1. The molecule has 0 bridgehead atoms. The van der Waals surface area contributed by atoms with Gasteiger partial charge in [-0.2, -0.15) is 0 Å². The summed E-state index contributed by atoms with van der Waals surface area (Å²) in [6.07, 6.45) is 4.20. The van der Waals surface area contributed by atoms with E-state index in [4.69, 9.17) is 9.47 Å². The van der Waals surface area contributed by atoms with E-state index in [1.807, 2.05) is 19.9 Å². The number of amides is 1. The van der Waals surface area contributed by atoms with Gasteiger partial charge >= 0.3 is 5.97 Å². The summed E-state index contributed by atoms with van der Waals surface area (Å²) in [5, 5.41) is 0. The molecule has 0 radical (unpaired) electrons. The number of hydrogen-bond donors (Lipinski definition) is 0. The molecule has 1 aromatic rings. The van der Waals surface area contributed by atoms with Crippen LogP contribution in [0.2, 0.25) is 0 Å². The van der Waals surface area contributed by atoms with Crippen molar-refractivity contribution in [2.45, 2.75) is 32.7 Å². The highest BCUT2D eigenvalue weighted by Gasteiger charge is 2.18. The van der Waals surface area contributed by atoms with Crippen LogP contribution in [0.1, 0.15) is 32.3 Å². The van der Waals surface area contributed by atoms with Gasteiger partial charge < -0.3 is 19.1 Å². The van der Waals surface area contributed by atoms with Crippen molar-refractivity contribution in [1.29, 1.82) is 0 Å². The summed E-state index contributed by atoms with van der Waals surface area (Å²) in [5.41, 5.74) is 0.822. The molecule has 6 nitrogen and oxygen atoms in total. The third-order valence-electron chi connectivity index (χ3n) is 4.02. The van der Waals surface area contributed by atoms with Gasteiger partial charge in [0.25, 0.3) is 0 Å². The van der Waals surface area contributed by atoms with E-state index in [1.54, 1.807) is 37.3 Å². The van der Waals surface area contributed by atoms with Crippen molar-refractivity contribution < 1.29 is 23.8 Å². The van der Waals surface area contributed by atoms with Crippen molar-refractivity contribution in [2.75, 3.05) is 27.9 Å². The Bertz CT molecular complexity index is 612. The Labute approximate surface area is 149 Å². The third kappa shape index (κ3) is 6.14. The van der Waals surface area contributed by atoms with Crippen molar-refractivity contribution >= 4 is 18.0 Å². The molecule has 0 aliphatic rings. The van der Waals surface area contributed by atoms with Crippen molar-refractivity contribution in [3.05, 3.63) is 29.8 Å². The monoisotopic (exact) mass is 349 g/mol. The summed E-state index contributed by atoms with van der Waals surface area (Å²) >= 11 is 0. The van der Waals surface area contributed by atoms with Gasteiger partial charge in [0.1, 0.15) is 0 Å². The van der Waals surface area contributed by atoms with Crippen molar-refractivity contribution in [3.63, 3.8) is 0 Å². The van der Waals surface area contributed by atoms with Gasteiger partial charge in [-0.1, -0.05) is 13.0 Å². The fourth-order valence-electron chi connectivity index (χ4n) is 2.30. The molecule has 1 aromatic carbocycles. The average Bonchev–Trinajstić information content (AvgIpc) is 2.65. The fourth-order valence-corrected chi connectivity index (χ4v) is 2.30. The predicted molar refractivity (Wildman–Crippen MR) is 96.7 cm³/mol. The first-order valence-electron chi connectivity index (χ1n) is 8.24. The molecule has 0 spiro atoms. The van der Waals surface area contributed by atoms with E-state index in [1.165, 1.54) is 13.2 Å². The summed E-state index contributed by atoms with van der Waals surface area (Å²) in [7, 11) is 4.48. The molecule has 0 fully saturated rings. The number of esters is 1. The van der Waals surface area contributed by atoms with Crippen molar-refractivity contribution in [2.24, 2.45) is 0 Å². The molecule has 1 atom stereocenters. The van der Waals surface area contributed by atoms with Crippen LogP contribution in [0, 0.1) is 0 Å². The van der Waals surface area contributed by atoms with E-state index >= 15 is 0 Å². The molecule has 0 N–H and O–H groups in total. The maximum atomic E-state index is 12.5. The summed E-state index contributed by atoms with van der Waals surface area (Å²) in [6.45, 7) is 4.29. The third-order valence-corrected chi connectivity index (χ3v) is 4.02. The van der Waals surface area contributed by atoms with E-state index in [0.717, 1.165) is 12.0 Å². The quantitative estimate of drug-likeness (QED) is 0.507. The molecular weight excluding hydrogens is 322 g/mol. The van der Waals surface area contributed by atoms with E-state index in [-0.39, 0.29) is 24.3 Å². The van der Waals surface area contributed by atoms with Gasteiger partial charge in [-0.15, -0.1) is 0 Å². The molecule has 0 saturated carbocycles. The predicted octanol–water partition coefficient (Wildman–Crippen LogP) is 2.91. The number of carbonyl (C=O) groups excluding carboxylic acids is 2. The molecule has 0 aliphatic heterocycles. The van der Waals surface area contributed by atoms with Gasteiger partial charge in [0.05, 0.1) is 27.8 Å². The number of benzene rings is 1. The van der Waals surface area contributed by atoms with E-state index < -0.39 is 0 Å². The molecule has 0 saturated heterocycles. The minimum absolute atomic E-state index is 0.0345. The number of rotatable bonds is 9. The van der Waals surface area contributed by atoms with Crippen LogP contribution < -0.4 is 9.47 Å². The van der Waals surface area contributed by atoms with Gasteiger partial charge in [0, 0.05) is 18.7 Å². The first-order valence-corrected chi connectivity index (χ1v) is 8.24. The molecule has 138 valence electrons. The number of methoxy groups -OCH3 is 3. The van der Waals surface area contributed by atoms with Crippen molar-refractivity contribution in [3.8, 4) is 11.5 Å². The average molecular weight is 349 g/mol. The molecule has 1 unspecified atom stereocenters. The molecule has 6 heteroatoms. The number of ether oxygens (including phenoxy) is 3. The van der Waals surface area contributed by atoms with Gasteiger partial charge in [-0.3, -0.25) is 9.59 Å². The van der Waals surface area contributed by atoms with Gasteiger partial charge in [-0.05, 0) is 37.1 Å². The topological polar surface area (TPSA) is 65.1 Å². The Balaban J connectivity index is 2.87. The smallest absolute Gasteiger partial charge is 0.307 e. The van der Waals surface area contributed by atoms with E-state index in [0.29, 0.717) is 18.0 Å². The fraction of sp³-hybridized carbons (Fsp3) is 0.474. The zero-order valence-electron chi connectivity index (χ0n) is 15.6. The van der Waals surface area contributed by atoms with E-state index in [2.05, 4.69) is 4.74 Å².